The quantitative estimate of drug-likeness (QED) is 0.764. The molecule has 3 aliphatic rings. The van der Waals surface area contributed by atoms with Gasteiger partial charge in [0.2, 0.25) is 5.23 Å². The van der Waals surface area contributed by atoms with Crippen molar-refractivity contribution in [2.24, 2.45) is 15.9 Å². The third-order valence-electron chi connectivity index (χ3n) is 4.63. The molecule has 0 bridgehead atoms. The maximum atomic E-state index is 12.8. The van der Waals surface area contributed by atoms with Crippen molar-refractivity contribution in [1.82, 2.24) is 0 Å². The molecule has 0 radical (unpaired) electrons. The summed E-state index contributed by atoms with van der Waals surface area (Å²) in [5, 5.41) is -0.0211. The van der Waals surface area contributed by atoms with Crippen LogP contribution in [0.3, 0.4) is 0 Å². The highest BCUT2D eigenvalue weighted by Gasteiger charge is 2.59. The Bertz CT molecular complexity index is 843. The molecular formula is C19H18N2O3S. The fourth-order valence-electron chi connectivity index (χ4n) is 3.63. The van der Waals surface area contributed by atoms with Crippen molar-refractivity contribution in [1.29, 1.82) is 0 Å². The summed E-state index contributed by atoms with van der Waals surface area (Å²) in [4.78, 5) is 22.5. The van der Waals surface area contributed by atoms with Gasteiger partial charge in [-0.1, -0.05) is 36.4 Å². The Morgan fingerprint density at radius 1 is 1.32 bits per heavy atom. The molecule has 0 N–H and O–H groups in total. The van der Waals surface area contributed by atoms with Crippen molar-refractivity contribution in [2.45, 2.75) is 17.7 Å². The zero-order valence-electron chi connectivity index (χ0n) is 14.0. The molecule has 25 heavy (non-hydrogen) atoms. The van der Waals surface area contributed by atoms with Crippen molar-refractivity contribution < 1.29 is 14.3 Å². The molecule has 0 aromatic heterocycles. The highest BCUT2D eigenvalue weighted by atomic mass is 32.2. The third kappa shape index (κ3) is 2.35. The summed E-state index contributed by atoms with van der Waals surface area (Å²) in [5.41, 5.74) is 1.86. The first-order valence-corrected chi connectivity index (χ1v) is 9.08. The van der Waals surface area contributed by atoms with Gasteiger partial charge >= 0.3 is 5.97 Å². The zero-order chi connectivity index (χ0) is 17.4. The standard InChI is InChI=1S/C19H18N2O3S/c1-3-24-17(22)16-19(21-18(23-2)25-16)12-8-4-6-10-14(12)20-15-11-7-5-9-13(15)19/h4-12,16H,3H2,1-2H3. The van der Waals surface area contributed by atoms with Gasteiger partial charge in [0.1, 0.15) is 10.8 Å². The van der Waals surface area contributed by atoms with E-state index in [9.17, 15) is 4.79 Å². The highest BCUT2D eigenvalue weighted by molar-refractivity contribution is 8.15. The summed E-state index contributed by atoms with van der Waals surface area (Å²) in [6, 6.07) is 7.86. The molecule has 1 aromatic rings. The number of carbonyl (C=O) groups excluding carboxylic acids is 1. The average molecular weight is 354 g/mol. The molecule has 1 aliphatic carbocycles. The number of rotatable bonds is 2. The number of esters is 1. The topological polar surface area (TPSA) is 60.2 Å². The SMILES string of the molecule is CCOC(=O)C1SC(OC)=NC12c1ccccc1N=C1C=CC=CC12. The average Bonchev–Trinajstić information content (AvgIpc) is 3.03. The normalized spacial score (nSPS) is 28.9. The lowest BCUT2D eigenvalue weighted by atomic mass is 9.70. The minimum absolute atomic E-state index is 0.137. The number of carbonyl (C=O) groups is 1. The Hall–Kier alpha value is -2.34. The van der Waals surface area contributed by atoms with Crippen LogP contribution >= 0.6 is 11.8 Å². The predicted molar refractivity (Wildman–Crippen MR) is 99.4 cm³/mol. The molecule has 128 valence electrons. The summed E-state index contributed by atoms with van der Waals surface area (Å²) < 4.78 is 10.8. The third-order valence-corrected chi connectivity index (χ3v) is 5.88. The molecule has 6 heteroatoms. The fourth-order valence-corrected chi connectivity index (χ4v) is 4.80. The van der Waals surface area contributed by atoms with Gasteiger partial charge in [0, 0.05) is 5.56 Å². The van der Waals surface area contributed by atoms with E-state index in [-0.39, 0.29) is 11.9 Å². The number of benzene rings is 1. The predicted octanol–water partition coefficient (Wildman–Crippen LogP) is 3.39. The van der Waals surface area contributed by atoms with Gasteiger partial charge in [0.25, 0.3) is 0 Å². The minimum Gasteiger partial charge on any atom is -0.476 e. The minimum atomic E-state index is -0.808. The second-order valence-corrected chi connectivity index (χ2v) is 6.99. The number of fused-ring (bicyclic) bond motifs is 4. The molecule has 2 aliphatic heterocycles. The highest BCUT2D eigenvalue weighted by Crippen LogP contribution is 2.55. The maximum absolute atomic E-state index is 12.8. The van der Waals surface area contributed by atoms with Crippen molar-refractivity contribution >= 4 is 34.4 Å². The van der Waals surface area contributed by atoms with Crippen LogP contribution in [-0.4, -0.2) is 35.9 Å². The smallest absolute Gasteiger partial charge is 0.322 e. The lowest BCUT2D eigenvalue weighted by Gasteiger charge is -2.41. The van der Waals surface area contributed by atoms with Gasteiger partial charge in [-0.3, -0.25) is 9.79 Å². The number of hydrogen-bond donors (Lipinski definition) is 0. The van der Waals surface area contributed by atoms with E-state index in [1.807, 2.05) is 49.4 Å². The van der Waals surface area contributed by atoms with Gasteiger partial charge in [0.15, 0.2) is 0 Å². The van der Waals surface area contributed by atoms with Gasteiger partial charge in [-0.2, -0.15) is 0 Å². The first kappa shape index (κ1) is 16.1. The molecule has 1 spiro atoms. The Morgan fingerprint density at radius 2 is 2.16 bits per heavy atom. The Balaban J connectivity index is 1.96. The molecule has 0 saturated heterocycles. The van der Waals surface area contributed by atoms with Crippen LogP contribution in [-0.2, 0) is 19.8 Å². The molecular weight excluding hydrogens is 336 g/mol. The van der Waals surface area contributed by atoms with Crippen LogP contribution in [0.2, 0.25) is 0 Å². The van der Waals surface area contributed by atoms with Crippen LogP contribution in [0.25, 0.3) is 0 Å². The van der Waals surface area contributed by atoms with E-state index in [0.717, 1.165) is 17.0 Å². The van der Waals surface area contributed by atoms with E-state index >= 15 is 0 Å². The van der Waals surface area contributed by atoms with Crippen molar-refractivity contribution in [3.8, 4) is 0 Å². The number of allylic oxidation sites excluding steroid dienone is 3. The number of para-hydroxylation sites is 1. The zero-order valence-corrected chi connectivity index (χ0v) is 14.8. The number of hydrogen-bond acceptors (Lipinski definition) is 6. The number of aliphatic imine (C=N–C) groups is 2. The van der Waals surface area contributed by atoms with Gasteiger partial charge < -0.3 is 9.47 Å². The first-order chi connectivity index (χ1) is 12.2. The van der Waals surface area contributed by atoms with Crippen LogP contribution < -0.4 is 0 Å². The number of methoxy groups -OCH3 is 1. The molecule has 0 fully saturated rings. The van der Waals surface area contributed by atoms with E-state index in [0.29, 0.717) is 11.8 Å². The molecule has 0 saturated carbocycles. The number of nitrogens with zero attached hydrogens (tertiary/aromatic N) is 2. The summed E-state index contributed by atoms with van der Waals surface area (Å²) in [5.74, 6) is -0.413. The Labute approximate surface area is 150 Å². The molecule has 5 nitrogen and oxygen atoms in total. The van der Waals surface area contributed by atoms with Crippen LogP contribution in [0, 0.1) is 5.92 Å². The lowest BCUT2D eigenvalue weighted by molar-refractivity contribution is -0.143. The van der Waals surface area contributed by atoms with Crippen LogP contribution in [0.15, 0.2) is 58.6 Å². The first-order valence-electron chi connectivity index (χ1n) is 8.20. The lowest BCUT2D eigenvalue weighted by Crippen LogP contribution is -2.49. The largest absolute Gasteiger partial charge is 0.476 e. The summed E-state index contributed by atoms with van der Waals surface area (Å²) >= 11 is 1.32. The van der Waals surface area contributed by atoms with E-state index < -0.39 is 10.8 Å². The Morgan fingerprint density at radius 3 is 2.96 bits per heavy atom. The van der Waals surface area contributed by atoms with Gasteiger partial charge in [-0.05, 0) is 30.8 Å². The molecule has 1 aromatic carbocycles. The van der Waals surface area contributed by atoms with Crippen molar-refractivity contribution in [3.05, 3.63) is 54.1 Å². The maximum Gasteiger partial charge on any atom is 0.322 e. The second-order valence-electron chi connectivity index (χ2n) is 5.93. The van der Waals surface area contributed by atoms with E-state index in [1.165, 1.54) is 11.8 Å². The van der Waals surface area contributed by atoms with Gasteiger partial charge in [-0.25, -0.2) is 4.99 Å². The molecule has 3 unspecified atom stereocenters. The Kier molecular flexibility index (Phi) is 4.00. The van der Waals surface area contributed by atoms with Crippen LogP contribution in [0.5, 0.6) is 0 Å². The molecule has 2 heterocycles. The van der Waals surface area contributed by atoms with E-state index in [1.54, 1.807) is 7.11 Å². The molecule has 0 amide bonds. The van der Waals surface area contributed by atoms with Crippen molar-refractivity contribution in [2.75, 3.05) is 13.7 Å². The van der Waals surface area contributed by atoms with Crippen LogP contribution in [0.1, 0.15) is 12.5 Å². The monoisotopic (exact) mass is 354 g/mol. The summed E-state index contributed by atoms with van der Waals surface area (Å²) in [6.07, 6.45) is 7.98. The fraction of sp³-hybridized carbons (Fsp3) is 0.316. The second kappa shape index (κ2) is 6.19. The van der Waals surface area contributed by atoms with Crippen LogP contribution in [0.4, 0.5) is 5.69 Å². The van der Waals surface area contributed by atoms with E-state index in [2.05, 4.69) is 6.08 Å². The number of ether oxygens (including phenoxy) is 2. The summed E-state index contributed by atoms with van der Waals surface area (Å²) in [7, 11) is 1.58. The van der Waals surface area contributed by atoms with Gasteiger partial charge in [0.05, 0.1) is 31.0 Å². The molecule has 4 rings (SSSR count). The molecule has 3 atom stereocenters. The number of thioether (sulfide) groups is 1. The van der Waals surface area contributed by atoms with Gasteiger partial charge in [-0.15, -0.1) is 0 Å². The van der Waals surface area contributed by atoms with Crippen molar-refractivity contribution in [3.63, 3.8) is 0 Å². The summed E-state index contributed by atoms with van der Waals surface area (Å²) in [6.45, 7) is 2.14. The van der Waals surface area contributed by atoms with E-state index in [4.69, 9.17) is 19.5 Å².